The van der Waals surface area contributed by atoms with Gasteiger partial charge in [0.05, 0.1) is 11.6 Å². The summed E-state index contributed by atoms with van der Waals surface area (Å²) in [7, 11) is 0. The van der Waals surface area contributed by atoms with Crippen LogP contribution < -0.4 is 10.2 Å². The molecule has 2 saturated carbocycles. The summed E-state index contributed by atoms with van der Waals surface area (Å²) in [4.78, 5) is 28.2. The summed E-state index contributed by atoms with van der Waals surface area (Å²) in [5.41, 5.74) is 6.02. The van der Waals surface area contributed by atoms with Gasteiger partial charge in [0, 0.05) is 35.5 Å². The number of fused-ring (bicyclic) bond motifs is 2. The minimum Gasteiger partial charge on any atom is -0.550 e. The Morgan fingerprint density at radius 1 is 0.760 bits per heavy atom. The minimum atomic E-state index is -1.08. The number of aliphatic carboxylic acids is 2. The Balaban J connectivity index is 0.00000125. The van der Waals surface area contributed by atoms with E-state index in [1.165, 1.54) is 17.5 Å². The number of carbonyl (C=O) groups excluding carboxylic acids is 2. The van der Waals surface area contributed by atoms with E-state index in [1.54, 1.807) is 0 Å². The van der Waals surface area contributed by atoms with Crippen molar-refractivity contribution in [2.45, 2.75) is 132 Å². The van der Waals surface area contributed by atoms with Crippen molar-refractivity contribution in [1.82, 2.24) is 0 Å². The van der Waals surface area contributed by atoms with Crippen LogP contribution in [0.2, 0.25) is 0 Å². The molecule has 2 aromatic rings. The molecule has 50 heavy (non-hydrogen) atoms. The molecule has 279 valence electrons. The number of phenols is 2. The third-order valence-corrected chi connectivity index (χ3v) is 8.76. The maximum atomic E-state index is 11.2. The van der Waals surface area contributed by atoms with Crippen molar-refractivity contribution in [2.75, 3.05) is 0 Å². The van der Waals surface area contributed by atoms with E-state index in [0.29, 0.717) is 41.1 Å². The molecule has 0 aromatic heterocycles. The first-order valence-electron chi connectivity index (χ1n) is 17.9. The second-order valence-corrected chi connectivity index (χ2v) is 15.8. The van der Waals surface area contributed by atoms with Crippen LogP contribution in [0.25, 0.3) is 0 Å². The van der Waals surface area contributed by atoms with Gasteiger partial charge in [-0.05, 0) is 129 Å². The van der Waals surface area contributed by atoms with Crippen molar-refractivity contribution in [2.24, 2.45) is 39.6 Å². The third kappa shape index (κ3) is 14.6. The summed E-state index contributed by atoms with van der Waals surface area (Å²) in [5.74, 6) is 1.28. The summed E-state index contributed by atoms with van der Waals surface area (Å²) in [6, 6.07) is 8.72. The molecule has 9 heteroatoms. The number of rotatable bonds is 12. The molecular weight excluding hydrogens is 675 g/mol. The summed E-state index contributed by atoms with van der Waals surface area (Å²) >= 11 is 0. The zero-order valence-electron chi connectivity index (χ0n) is 31.8. The number of hydrogen-bond acceptors (Lipinski definition) is 8. The number of phenolic OH excluding ortho intramolecular Hbond substituents is 2. The molecule has 2 N–H and O–H groups in total. The fourth-order valence-corrected chi connectivity index (χ4v) is 7.11. The molecule has 4 rings (SSSR count). The average molecular weight is 736 g/mol. The molecule has 8 nitrogen and oxygen atoms in total. The van der Waals surface area contributed by atoms with Crippen LogP contribution in [-0.2, 0) is 52.1 Å². The average Bonchev–Trinajstić information content (AvgIpc) is 3.51. The molecule has 1 radical (unpaired) electrons. The predicted molar refractivity (Wildman–Crippen MR) is 195 cm³/mol. The van der Waals surface area contributed by atoms with Gasteiger partial charge in [0.25, 0.3) is 0 Å². The third-order valence-electron chi connectivity index (χ3n) is 8.76. The Morgan fingerprint density at radius 3 is 1.54 bits per heavy atom. The van der Waals surface area contributed by atoms with E-state index in [4.69, 9.17) is 29.8 Å². The molecule has 0 amide bonds. The van der Waals surface area contributed by atoms with Gasteiger partial charge in [0.1, 0.15) is 11.5 Å². The number of carboxylic acids is 2. The maximum Gasteiger partial charge on any atom is 2.00 e. The quantitative estimate of drug-likeness (QED) is 0.247. The Morgan fingerprint density at radius 2 is 1.16 bits per heavy atom. The Labute approximate surface area is 311 Å². The maximum absolute atomic E-state index is 11.2. The molecule has 3 unspecified atom stereocenters. The zero-order valence-corrected chi connectivity index (χ0v) is 32.9. The predicted octanol–water partition coefficient (Wildman–Crippen LogP) is 6.25. The van der Waals surface area contributed by atoms with Gasteiger partial charge in [-0.1, -0.05) is 67.5 Å². The largest absolute Gasteiger partial charge is 2.00 e. The SMILES string of the molecule is CC(=O)[O-].CC(=O)[O-].CC(C)Cc1cc(C=NC2CC3CCC2(N=Cc2cc(CC(C)C)cc(CC(C)C)c2O)C3)c(O)c(CC(C)C)c1.[Co+2]. The summed E-state index contributed by atoms with van der Waals surface area (Å²) in [6.45, 7) is 19.7. The van der Waals surface area contributed by atoms with E-state index in [-0.39, 0.29) is 28.4 Å². The van der Waals surface area contributed by atoms with Gasteiger partial charge < -0.3 is 30.0 Å². The second-order valence-electron chi connectivity index (χ2n) is 15.8. The molecule has 2 aliphatic carbocycles. The first-order chi connectivity index (χ1) is 22.8. The number of nitrogens with zero attached hydrogens (tertiary/aromatic N) is 2. The number of carboxylic acid groups (broad SMARTS) is 2. The Hall–Kier alpha value is -3.17. The van der Waals surface area contributed by atoms with Crippen LogP contribution in [0.15, 0.2) is 34.3 Å². The van der Waals surface area contributed by atoms with E-state index >= 15 is 0 Å². The first kappa shape index (κ1) is 44.8. The minimum absolute atomic E-state index is 0. The number of aliphatic imine (C=N–C) groups is 2. The van der Waals surface area contributed by atoms with E-state index in [0.717, 1.165) is 81.0 Å². The van der Waals surface area contributed by atoms with Crippen molar-refractivity contribution in [1.29, 1.82) is 0 Å². The monoisotopic (exact) mass is 735 g/mol. The van der Waals surface area contributed by atoms with Crippen molar-refractivity contribution in [3.63, 3.8) is 0 Å². The smallest absolute Gasteiger partial charge is 0.550 e. The van der Waals surface area contributed by atoms with Gasteiger partial charge in [-0.3, -0.25) is 9.98 Å². The summed E-state index contributed by atoms with van der Waals surface area (Å²) in [6.07, 6.45) is 11.9. The van der Waals surface area contributed by atoms with Crippen LogP contribution in [0.3, 0.4) is 0 Å². The number of benzene rings is 2. The van der Waals surface area contributed by atoms with E-state index in [9.17, 15) is 10.2 Å². The van der Waals surface area contributed by atoms with Gasteiger partial charge in [0.15, 0.2) is 0 Å². The number of aromatic hydroxyl groups is 2. The van der Waals surface area contributed by atoms with Crippen LogP contribution in [0.5, 0.6) is 11.5 Å². The van der Waals surface area contributed by atoms with E-state index < -0.39 is 11.9 Å². The fraction of sp³-hybridized carbons (Fsp3) is 0.610. The molecular formula is C41H60CoN2O6. The molecule has 0 heterocycles. The van der Waals surface area contributed by atoms with Gasteiger partial charge in [0.2, 0.25) is 0 Å². The van der Waals surface area contributed by atoms with Gasteiger partial charge >= 0.3 is 16.8 Å². The van der Waals surface area contributed by atoms with Gasteiger partial charge in [-0.15, -0.1) is 0 Å². The first-order valence-corrected chi connectivity index (χ1v) is 17.9. The van der Waals surface area contributed by atoms with Crippen LogP contribution >= 0.6 is 0 Å². The molecule has 2 bridgehead atoms. The van der Waals surface area contributed by atoms with Crippen molar-refractivity contribution >= 4 is 24.4 Å². The van der Waals surface area contributed by atoms with Crippen LogP contribution in [0.1, 0.15) is 128 Å². The fourth-order valence-electron chi connectivity index (χ4n) is 7.11. The van der Waals surface area contributed by atoms with Crippen molar-refractivity contribution in [3.05, 3.63) is 57.6 Å². The molecule has 0 aliphatic heterocycles. The Kier molecular flexibility index (Phi) is 18.5. The van der Waals surface area contributed by atoms with Crippen molar-refractivity contribution in [3.8, 4) is 11.5 Å². The molecule has 0 saturated heterocycles. The Bertz CT molecular complexity index is 1450. The van der Waals surface area contributed by atoms with E-state index in [2.05, 4.69) is 79.7 Å². The van der Waals surface area contributed by atoms with Crippen molar-refractivity contribution < 1.29 is 46.8 Å². The summed E-state index contributed by atoms with van der Waals surface area (Å²) < 4.78 is 0. The molecule has 2 aliphatic rings. The summed E-state index contributed by atoms with van der Waals surface area (Å²) in [5, 5.41) is 40.2. The number of carbonyl (C=O) groups is 2. The normalized spacial score (nSPS) is 19.6. The standard InChI is InChI=1S/C37H54N2O2.2C2H4O2.Co/c1-23(2)11-28-15-30(13-25(5)6)35(40)32(17-28)21-38-34-19-27-9-10-37(34,20-27)39-22-33-18-29(12-24(3)4)16-31(36(33)41)14-26(7)8;2*1-2(3)4;/h15-18,21-27,34,40-41H,9-14,19-20H2,1-8H3;2*1H3,(H,3,4);/q;;;+2/p-2. The van der Waals surface area contributed by atoms with Gasteiger partial charge in [-0.2, -0.15) is 0 Å². The second kappa shape index (κ2) is 20.6. The van der Waals surface area contributed by atoms with E-state index in [1.807, 2.05) is 12.4 Å². The molecule has 3 atom stereocenters. The van der Waals surface area contributed by atoms with Crippen LogP contribution in [-0.4, -0.2) is 46.2 Å². The topological polar surface area (TPSA) is 145 Å². The van der Waals surface area contributed by atoms with Crippen LogP contribution in [0.4, 0.5) is 0 Å². The van der Waals surface area contributed by atoms with Gasteiger partial charge in [-0.25, -0.2) is 0 Å². The molecule has 2 fully saturated rings. The van der Waals surface area contributed by atoms with Crippen LogP contribution in [0, 0.1) is 29.6 Å². The molecule has 0 spiro atoms. The number of hydrogen-bond donors (Lipinski definition) is 2. The molecule has 2 aromatic carbocycles. The zero-order chi connectivity index (χ0) is 37.1.